The van der Waals surface area contributed by atoms with Crippen molar-refractivity contribution in [1.82, 2.24) is 0 Å². The van der Waals surface area contributed by atoms with E-state index in [1.807, 2.05) is 13.8 Å². The van der Waals surface area contributed by atoms with Crippen LogP contribution in [0.25, 0.3) is 0 Å². The first-order valence-electron chi connectivity index (χ1n) is 4.25. The van der Waals surface area contributed by atoms with Crippen molar-refractivity contribution in [3.63, 3.8) is 0 Å². The number of aromatic carboxylic acids is 1. The molecule has 0 heterocycles. The third-order valence-corrected chi connectivity index (χ3v) is 2.71. The molecule has 3 N–H and O–H groups in total. The van der Waals surface area contributed by atoms with Crippen LogP contribution in [0.4, 0.5) is 5.69 Å². The molecular formula is C10H12BrNO2. The molecule has 0 bridgehead atoms. The molecule has 0 saturated carbocycles. The van der Waals surface area contributed by atoms with Crippen LogP contribution >= 0.6 is 15.9 Å². The first kappa shape index (κ1) is 11.0. The Morgan fingerprint density at radius 3 is 2.50 bits per heavy atom. The van der Waals surface area contributed by atoms with Crippen molar-refractivity contribution in [1.29, 1.82) is 0 Å². The van der Waals surface area contributed by atoms with Gasteiger partial charge in [0.25, 0.3) is 0 Å². The second-order valence-corrected chi connectivity index (χ2v) is 4.28. The Labute approximate surface area is 91.1 Å². The molecule has 76 valence electrons. The maximum atomic E-state index is 10.8. The van der Waals surface area contributed by atoms with Crippen molar-refractivity contribution in [2.75, 3.05) is 5.73 Å². The van der Waals surface area contributed by atoms with Crippen LogP contribution in [-0.4, -0.2) is 11.1 Å². The number of hydrogen-bond acceptors (Lipinski definition) is 2. The zero-order valence-corrected chi connectivity index (χ0v) is 9.63. The van der Waals surface area contributed by atoms with Crippen molar-refractivity contribution >= 4 is 27.6 Å². The van der Waals surface area contributed by atoms with E-state index in [4.69, 9.17) is 10.8 Å². The molecule has 1 aromatic carbocycles. The van der Waals surface area contributed by atoms with Crippen LogP contribution in [0.3, 0.4) is 0 Å². The molecule has 0 atom stereocenters. The highest BCUT2D eigenvalue weighted by atomic mass is 79.9. The molecule has 0 amide bonds. The van der Waals surface area contributed by atoms with Gasteiger partial charge in [-0.1, -0.05) is 29.8 Å². The zero-order chi connectivity index (χ0) is 10.9. The molecule has 1 rings (SSSR count). The molecule has 0 spiro atoms. The Balaban J connectivity index is 3.31. The fourth-order valence-electron chi connectivity index (χ4n) is 1.24. The van der Waals surface area contributed by atoms with Gasteiger partial charge >= 0.3 is 5.97 Å². The summed E-state index contributed by atoms with van der Waals surface area (Å²) in [5.74, 6) is -0.687. The van der Waals surface area contributed by atoms with Gasteiger partial charge < -0.3 is 10.8 Å². The highest BCUT2D eigenvalue weighted by molar-refractivity contribution is 9.10. The van der Waals surface area contributed by atoms with E-state index in [-0.39, 0.29) is 5.56 Å². The molecule has 3 nitrogen and oxygen atoms in total. The SMILES string of the molecule is CC(C)c1cc(N)c(C(=O)O)cc1Br. The number of benzene rings is 1. The monoisotopic (exact) mass is 257 g/mol. The van der Waals surface area contributed by atoms with E-state index in [1.54, 1.807) is 12.1 Å². The molecule has 0 saturated heterocycles. The van der Waals surface area contributed by atoms with Crippen LogP contribution in [0.15, 0.2) is 16.6 Å². The number of nitrogen functional groups attached to an aromatic ring is 1. The number of rotatable bonds is 2. The van der Waals surface area contributed by atoms with Gasteiger partial charge in [-0.2, -0.15) is 0 Å². The summed E-state index contributed by atoms with van der Waals surface area (Å²) in [6, 6.07) is 3.26. The topological polar surface area (TPSA) is 63.3 Å². The number of nitrogens with two attached hydrogens (primary N) is 1. The van der Waals surface area contributed by atoms with Crippen LogP contribution in [0.1, 0.15) is 35.7 Å². The maximum Gasteiger partial charge on any atom is 0.337 e. The van der Waals surface area contributed by atoms with Crippen molar-refractivity contribution in [3.8, 4) is 0 Å². The van der Waals surface area contributed by atoms with Gasteiger partial charge in [-0.25, -0.2) is 4.79 Å². The Morgan fingerprint density at radius 1 is 1.50 bits per heavy atom. The summed E-state index contributed by atoms with van der Waals surface area (Å²) in [4.78, 5) is 10.8. The van der Waals surface area contributed by atoms with E-state index in [9.17, 15) is 4.79 Å². The van der Waals surface area contributed by atoms with Crippen molar-refractivity contribution in [2.45, 2.75) is 19.8 Å². The van der Waals surface area contributed by atoms with E-state index >= 15 is 0 Å². The van der Waals surface area contributed by atoms with Crippen molar-refractivity contribution in [3.05, 3.63) is 27.7 Å². The Kier molecular flexibility index (Phi) is 3.16. The van der Waals surface area contributed by atoms with Crippen LogP contribution in [0.2, 0.25) is 0 Å². The van der Waals surface area contributed by atoms with E-state index in [0.717, 1.165) is 10.0 Å². The van der Waals surface area contributed by atoms with E-state index < -0.39 is 5.97 Å². The molecule has 0 fully saturated rings. The Hall–Kier alpha value is -1.03. The van der Waals surface area contributed by atoms with Crippen molar-refractivity contribution < 1.29 is 9.90 Å². The van der Waals surface area contributed by atoms with Gasteiger partial charge in [-0.05, 0) is 23.6 Å². The highest BCUT2D eigenvalue weighted by Crippen LogP contribution is 2.29. The van der Waals surface area contributed by atoms with Gasteiger partial charge in [-0.15, -0.1) is 0 Å². The lowest BCUT2D eigenvalue weighted by atomic mass is 10.0. The Morgan fingerprint density at radius 2 is 2.07 bits per heavy atom. The van der Waals surface area contributed by atoms with Crippen LogP contribution < -0.4 is 5.73 Å². The summed E-state index contributed by atoms with van der Waals surface area (Å²) in [5, 5.41) is 8.82. The third-order valence-electron chi connectivity index (χ3n) is 2.02. The van der Waals surface area contributed by atoms with Gasteiger partial charge in [0.05, 0.1) is 5.56 Å². The summed E-state index contributed by atoms with van der Waals surface area (Å²) in [6.45, 7) is 4.06. The normalized spacial score (nSPS) is 10.6. The quantitative estimate of drug-likeness (QED) is 0.801. The lowest BCUT2D eigenvalue weighted by molar-refractivity contribution is 0.0698. The fraction of sp³-hybridized carbons (Fsp3) is 0.300. The first-order valence-corrected chi connectivity index (χ1v) is 5.05. The fourth-order valence-corrected chi connectivity index (χ4v) is 2.04. The van der Waals surface area contributed by atoms with E-state index in [1.165, 1.54) is 0 Å². The van der Waals surface area contributed by atoms with Gasteiger partial charge in [0.2, 0.25) is 0 Å². The van der Waals surface area contributed by atoms with Gasteiger partial charge in [-0.3, -0.25) is 0 Å². The predicted molar refractivity (Wildman–Crippen MR) is 59.6 cm³/mol. The molecule has 0 aliphatic rings. The second kappa shape index (κ2) is 4.00. The zero-order valence-electron chi connectivity index (χ0n) is 8.04. The lowest BCUT2D eigenvalue weighted by Gasteiger charge is -2.11. The van der Waals surface area contributed by atoms with Gasteiger partial charge in [0, 0.05) is 10.2 Å². The molecule has 1 aromatic rings. The van der Waals surface area contributed by atoms with Crippen LogP contribution in [0, 0.1) is 0 Å². The molecule has 4 heteroatoms. The predicted octanol–water partition coefficient (Wildman–Crippen LogP) is 2.85. The molecule has 0 aliphatic heterocycles. The summed E-state index contributed by atoms with van der Waals surface area (Å²) < 4.78 is 0.791. The third kappa shape index (κ3) is 2.07. The van der Waals surface area contributed by atoms with Crippen LogP contribution in [0.5, 0.6) is 0 Å². The lowest BCUT2D eigenvalue weighted by Crippen LogP contribution is -2.04. The molecule has 0 unspecified atom stereocenters. The summed E-state index contributed by atoms with van der Waals surface area (Å²) in [5.41, 5.74) is 7.10. The maximum absolute atomic E-state index is 10.8. The summed E-state index contributed by atoms with van der Waals surface area (Å²) in [6.07, 6.45) is 0. The molecule has 0 aromatic heterocycles. The van der Waals surface area contributed by atoms with Gasteiger partial charge in [0.15, 0.2) is 0 Å². The standard InChI is InChI=1S/C10H12BrNO2/c1-5(2)6-4-9(12)7(10(13)14)3-8(6)11/h3-5H,12H2,1-2H3,(H,13,14). The highest BCUT2D eigenvalue weighted by Gasteiger charge is 2.13. The molecular weight excluding hydrogens is 246 g/mol. The second-order valence-electron chi connectivity index (χ2n) is 3.42. The molecule has 14 heavy (non-hydrogen) atoms. The molecule has 0 aliphatic carbocycles. The summed E-state index contributed by atoms with van der Waals surface area (Å²) in [7, 11) is 0. The van der Waals surface area contributed by atoms with Crippen LogP contribution in [-0.2, 0) is 0 Å². The minimum atomic E-state index is -1.00. The number of carboxylic acid groups (broad SMARTS) is 1. The van der Waals surface area contributed by atoms with Gasteiger partial charge in [0.1, 0.15) is 0 Å². The first-order chi connectivity index (χ1) is 6.43. The minimum Gasteiger partial charge on any atom is -0.478 e. The average molecular weight is 258 g/mol. The minimum absolute atomic E-state index is 0.140. The number of hydrogen-bond donors (Lipinski definition) is 2. The smallest absolute Gasteiger partial charge is 0.337 e. The number of anilines is 1. The molecule has 0 radical (unpaired) electrons. The van der Waals surface area contributed by atoms with E-state index in [0.29, 0.717) is 11.6 Å². The summed E-state index contributed by atoms with van der Waals surface area (Å²) >= 11 is 3.33. The Bertz CT molecular complexity index is 375. The number of carbonyl (C=O) groups is 1. The largest absolute Gasteiger partial charge is 0.478 e. The number of halogens is 1. The average Bonchev–Trinajstić information content (AvgIpc) is 2.07. The number of carboxylic acids is 1. The van der Waals surface area contributed by atoms with E-state index in [2.05, 4.69) is 15.9 Å². The van der Waals surface area contributed by atoms with Crippen molar-refractivity contribution in [2.24, 2.45) is 0 Å².